The van der Waals surface area contributed by atoms with Crippen molar-refractivity contribution in [2.24, 2.45) is 0 Å². The summed E-state index contributed by atoms with van der Waals surface area (Å²) in [5.41, 5.74) is 1.06. The van der Waals surface area contributed by atoms with E-state index in [4.69, 9.17) is 0 Å². The summed E-state index contributed by atoms with van der Waals surface area (Å²) in [6.45, 7) is 2.90. The standard InChI is InChI=1S/C21H21N7O2/c1-14(28-21(30)16-6-2-3-7-17(16)22-25-28)20(29)26-12-9-15(10-13-26)19-24-23-18-8-4-5-11-27(18)19/h2-8,11,14-15H,9-10,12-13H2,1H3. The number of nitrogens with zero attached hydrogens (tertiary/aromatic N) is 7. The molecule has 3 aromatic heterocycles. The van der Waals surface area contributed by atoms with Crippen molar-refractivity contribution in [3.8, 4) is 0 Å². The minimum absolute atomic E-state index is 0.119. The van der Waals surface area contributed by atoms with Crippen LogP contribution in [-0.4, -0.2) is 53.5 Å². The van der Waals surface area contributed by atoms with Crippen LogP contribution in [-0.2, 0) is 4.79 Å². The number of likely N-dealkylation sites (tertiary alicyclic amines) is 1. The molecule has 9 heteroatoms. The third-order valence-electron chi connectivity index (χ3n) is 5.83. The Morgan fingerprint density at radius 2 is 1.80 bits per heavy atom. The highest BCUT2D eigenvalue weighted by Gasteiger charge is 2.30. The molecule has 1 atom stereocenters. The molecule has 1 aliphatic heterocycles. The first kappa shape index (κ1) is 18.4. The highest BCUT2D eigenvalue weighted by molar-refractivity contribution is 5.81. The molecule has 1 saturated heterocycles. The molecule has 1 fully saturated rings. The smallest absolute Gasteiger partial charge is 0.278 e. The Bertz CT molecular complexity index is 1290. The summed E-state index contributed by atoms with van der Waals surface area (Å²) in [6.07, 6.45) is 3.56. The van der Waals surface area contributed by atoms with Crippen molar-refractivity contribution >= 4 is 22.5 Å². The molecule has 1 aromatic carbocycles. The van der Waals surface area contributed by atoms with E-state index in [1.807, 2.05) is 28.8 Å². The van der Waals surface area contributed by atoms with E-state index in [0.29, 0.717) is 24.0 Å². The number of hydrogen-bond donors (Lipinski definition) is 0. The lowest BCUT2D eigenvalue weighted by Gasteiger charge is -2.32. The Labute approximate surface area is 171 Å². The minimum atomic E-state index is -0.708. The van der Waals surface area contributed by atoms with Gasteiger partial charge in [-0.2, -0.15) is 4.68 Å². The summed E-state index contributed by atoms with van der Waals surface area (Å²) in [6, 6.07) is 12.1. The highest BCUT2D eigenvalue weighted by Crippen LogP contribution is 2.28. The van der Waals surface area contributed by atoms with E-state index in [-0.39, 0.29) is 17.4 Å². The van der Waals surface area contributed by atoms with Gasteiger partial charge in [-0.15, -0.1) is 15.3 Å². The van der Waals surface area contributed by atoms with Crippen LogP contribution in [0.4, 0.5) is 0 Å². The third kappa shape index (κ3) is 3.02. The van der Waals surface area contributed by atoms with Crippen LogP contribution in [0.2, 0.25) is 0 Å². The largest absolute Gasteiger partial charge is 0.341 e. The zero-order valence-electron chi connectivity index (χ0n) is 16.5. The molecule has 1 aliphatic rings. The lowest BCUT2D eigenvalue weighted by Crippen LogP contribution is -2.44. The number of piperidine rings is 1. The molecule has 30 heavy (non-hydrogen) atoms. The van der Waals surface area contributed by atoms with Gasteiger partial charge in [-0.3, -0.25) is 14.0 Å². The van der Waals surface area contributed by atoms with Gasteiger partial charge in [-0.05, 0) is 44.0 Å². The fourth-order valence-electron chi connectivity index (χ4n) is 4.12. The second-order valence-corrected chi connectivity index (χ2v) is 7.62. The topological polar surface area (TPSA) is 98.3 Å². The molecule has 0 aliphatic carbocycles. The zero-order chi connectivity index (χ0) is 20.7. The number of fused-ring (bicyclic) bond motifs is 2. The van der Waals surface area contributed by atoms with E-state index >= 15 is 0 Å². The Morgan fingerprint density at radius 3 is 2.63 bits per heavy atom. The van der Waals surface area contributed by atoms with Gasteiger partial charge in [0.2, 0.25) is 5.91 Å². The van der Waals surface area contributed by atoms with E-state index < -0.39 is 6.04 Å². The van der Waals surface area contributed by atoms with Crippen molar-refractivity contribution in [2.75, 3.05) is 13.1 Å². The van der Waals surface area contributed by atoms with Crippen LogP contribution >= 0.6 is 0 Å². The summed E-state index contributed by atoms with van der Waals surface area (Å²) < 4.78 is 3.19. The fraction of sp³-hybridized carbons (Fsp3) is 0.333. The number of carbonyl (C=O) groups is 1. The van der Waals surface area contributed by atoms with Gasteiger partial charge in [0.25, 0.3) is 5.56 Å². The van der Waals surface area contributed by atoms with Crippen molar-refractivity contribution in [3.63, 3.8) is 0 Å². The first-order chi connectivity index (χ1) is 14.6. The van der Waals surface area contributed by atoms with Crippen LogP contribution in [0.1, 0.15) is 37.5 Å². The molecule has 0 bridgehead atoms. The Balaban J connectivity index is 1.32. The molecule has 1 unspecified atom stereocenters. The average molecular weight is 403 g/mol. The predicted molar refractivity (Wildman–Crippen MR) is 110 cm³/mol. The number of rotatable bonds is 3. The predicted octanol–water partition coefficient (Wildman–Crippen LogP) is 1.80. The lowest BCUT2D eigenvalue weighted by molar-refractivity contribution is -0.135. The van der Waals surface area contributed by atoms with E-state index in [9.17, 15) is 9.59 Å². The van der Waals surface area contributed by atoms with Gasteiger partial charge in [0.05, 0.1) is 5.39 Å². The van der Waals surface area contributed by atoms with Gasteiger partial charge >= 0.3 is 0 Å². The van der Waals surface area contributed by atoms with Crippen LogP contribution in [0.25, 0.3) is 16.6 Å². The summed E-state index contributed by atoms with van der Waals surface area (Å²) in [5.74, 6) is 1.05. The van der Waals surface area contributed by atoms with Gasteiger partial charge in [0.1, 0.15) is 17.4 Å². The Morgan fingerprint density at radius 1 is 1.03 bits per heavy atom. The van der Waals surface area contributed by atoms with E-state index in [2.05, 4.69) is 20.5 Å². The van der Waals surface area contributed by atoms with E-state index in [0.717, 1.165) is 24.3 Å². The maximum absolute atomic E-state index is 13.1. The average Bonchev–Trinajstić information content (AvgIpc) is 3.23. The molecule has 5 rings (SSSR count). The molecular weight excluding hydrogens is 382 g/mol. The number of amides is 1. The van der Waals surface area contributed by atoms with Gasteiger partial charge in [0.15, 0.2) is 5.65 Å². The Hall–Kier alpha value is -3.62. The normalized spacial score (nSPS) is 16.2. The monoisotopic (exact) mass is 403 g/mol. The summed E-state index contributed by atoms with van der Waals surface area (Å²) in [5, 5.41) is 17.1. The second kappa shape index (κ2) is 7.33. The van der Waals surface area contributed by atoms with Crippen LogP contribution in [0.5, 0.6) is 0 Å². The number of hydrogen-bond acceptors (Lipinski definition) is 6. The number of aromatic nitrogens is 6. The number of carbonyl (C=O) groups excluding carboxylic acids is 1. The molecule has 0 saturated carbocycles. The van der Waals surface area contributed by atoms with Crippen molar-refractivity contribution in [2.45, 2.75) is 31.7 Å². The number of benzene rings is 1. The molecule has 152 valence electrons. The van der Waals surface area contributed by atoms with Gasteiger partial charge in [0, 0.05) is 25.2 Å². The zero-order valence-corrected chi connectivity index (χ0v) is 16.5. The van der Waals surface area contributed by atoms with E-state index in [1.165, 1.54) is 4.68 Å². The maximum atomic E-state index is 13.1. The SMILES string of the molecule is CC(C(=O)N1CCC(c2nnc3ccccn23)CC1)n1nnc2ccccc2c1=O. The molecule has 1 amide bonds. The minimum Gasteiger partial charge on any atom is -0.341 e. The summed E-state index contributed by atoms with van der Waals surface area (Å²) >= 11 is 0. The van der Waals surface area contributed by atoms with Crippen LogP contribution in [0.3, 0.4) is 0 Å². The maximum Gasteiger partial charge on any atom is 0.278 e. The highest BCUT2D eigenvalue weighted by atomic mass is 16.2. The molecule has 0 radical (unpaired) electrons. The van der Waals surface area contributed by atoms with E-state index in [1.54, 1.807) is 36.1 Å². The molecule has 0 N–H and O–H groups in total. The molecular formula is C21H21N7O2. The fourth-order valence-corrected chi connectivity index (χ4v) is 4.12. The van der Waals surface area contributed by atoms with Gasteiger partial charge in [-0.25, -0.2) is 0 Å². The second-order valence-electron chi connectivity index (χ2n) is 7.62. The third-order valence-corrected chi connectivity index (χ3v) is 5.83. The quantitative estimate of drug-likeness (QED) is 0.517. The molecule has 9 nitrogen and oxygen atoms in total. The molecule has 4 aromatic rings. The van der Waals surface area contributed by atoms with Crippen LogP contribution in [0.15, 0.2) is 53.5 Å². The van der Waals surface area contributed by atoms with Crippen molar-refractivity contribution in [1.29, 1.82) is 0 Å². The first-order valence-corrected chi connectivity index (χ1v) is 10.1. The van der Waals surface area contributed by atoms with Crippen molar-refractivity contribution < 1.29 is 4.79 Å². The van der Waals surface area contributed by atoms with Gasteiger partial charge < -0.3 is 4.90 Å². The summed E-state index contributed by atoms with van der Waals surface area (Å²) in [4.78, 5) is 27.6. The summed E-state index contributed by atoms with van der Waals surface area (Å²) in [7, 11) is 0. The van der Waals surface area contributed by atoms with Crippen LogP contribution < -0.4 is 5.56 Å². The lowest BCUT2D eigenvalue weighted by atomic mass is 9.95. The Kier molecular flexibility index (Phi) is 4.50. The first-order valence-electron chi connectivity index (χ1n) is 10.1. The molecule has 0 spiro atoms. The number of pyridine rings is 1. The van der Waals surface area contributed by atoms with Gasteiger partial charge in [-0.1, -0.05) is 23.4 Å². The molecule has 4 heterocycles. The van der Waals surface area contributed by atoms with Crippen molar-refractivity contribution in [1.82, 2.24) is 34.5 Å². The van der Waals surface area contributed by atoms with Crippen LogP contribution in [0, 0.1) is 0 Å². The van der Waals surface area contributed by atoms with Crippen molar-refractivity contribution in [3.05, 3.63) is 64.8 Å².